The predicted molar refractivity (Wildman–Crippen MR) is 64.8 cm³/mol. The van der Waals surface area contributed by atoms with Crippen molar-refractivity contribution in [1.29, 1.82) is 0 Å². The first kappa shape index (κ1) is 12.1. The van der Waals surface area contributed by atoms with Gasteiger partial charge in [-0.05, 0) is 35.9 Å². The van der Waals surface area contributed by atoms with Crippen molar-refractivity contribution in [3.8, 4) is 16.9 Å². The average molecular weight is 246 g/mol. The molecule has 92 valence electrons. The Morgan fingerprint density at radius 2 is 1.83 bits per heavy atom. The smallest absolute Gasteiger partial charge is 0.337 e. The van der Waals surface area contributed by atoms with Crippen LogP contribution in [0, 0.1) is 5.82 Å². The van der Waals surface area contributed by atoms with Crippen LogP contribution in [0.3, 0.4) is 0 Å². The van der Waals surface area contributed by atoms with Crippen LogP contribution in [0.25, 0.3) is 11.1 Å². The Morgan fingerprint density at radius 1 is 1.17 bits per heavy atom. The maximum absolute atomic E-state index is 13.7. The Balaban J connectivity index is 2.49. The number of benzene rings is 2. The van der Waals surface area contributed by atoms with E-state index in [0.717, 1.165) is 0 Å². The number of phenols is 1. The Hall–Kier alpha value is -2.36. The molecule has 0 aliphatic carbocycles. The summed E-state index contributed by atoms with van der Waals surface area (Å²) in [6.07, 6.45) is 0. The lowest BCUT2D eigenvalue weighted by Gasteiger charge is -2.06. The number of hydrogen-bond donors (Lipinski definition) is 1. The van der Waals surface area contributed by atoms with Gasteiger partial charge < -0.3 is 9.84 Å². The molecule has 0 aromatic heterocycles. The zero-order valence-corrected chi connectivity index (χ0v) is 9.68. The van der Waals surface area contributed by atoms with E-state index in [-0.39, 0.29) is 16.9 Å². The third-order valence-electron chi connectivity index (χ3n) is 2.57. The number of rotatable bonds is 2. The van der Waals surface area contributed by atoms with E-state index < -0.39 is 11.8 Å². The van der Waals surface area contributed by atoms with Gasteiger partial charge in [-0.3, -0.25) is 0 Å². The highest BCUT2D eigenvalue weighted by atomic mass is 19.1. The monoisotopic (exact) mass is 246 g/mol. The molecule has 0 radical (unpaired) electrons. The number of methoxy groups -OCH3 is 1. The Morgan fingerprint density at radius 3 is 2.44 bits per heavy atom. The van der Waals surface area contributed by atoms with Gasteiger partial charge in [0.15, 0.2) is 0 Å². The van der Waals surface area contributed by atoms with Crippen molar-refractivity contribution in [3.05, 3.63) is 53.8 Å². The van der Waals surface area contributed by atoms with Gasteiger partial charge in [-0.25, -0.2) is 9.18 Å². The van der Waals surface area contributed by atoms with Gasteiger partial charge in [0.2, 0.25) is 0 Å². The zero-order valence-electron chi connectivity index (χ0n) is 9.68. The van der Waals surface area contributed by atoms with Crippen molar-refractivity contribution in [2.75, 3.05) is 7.11 Å². The highest BCUT2D eigenvalue weighted by Gasteiger charge is 2.11. The molecule has 18 heavy (non-hydrogen) atoms. The second kappa shape index (κ2) is 4.87. The summed E-state index contributed by atoms with van der Waals surface area (Å²) in [6, 6.07) is 10.1. The molecule has 0 aliphatic rings. The van der Waals surface area contributed by atoms with Gasteiger partial charge in [0, 0.05) is 5.56 Å². The molecule has 2 rings (SSSR count). The quantitative estimate of drug-likeness (QED) is 0.828. The van der Waals surface area contributed by atoms with Gasteiger partial charge in [-0.15, -0.1) is 0 Å². The highest BCUT2D eigenvalue weighted by molar-refractivity contribution is 5.91. The van der Waals surface area contributed by atoms with Crippen LogP contribution in [-0.2, 0) is 4.74 Å². The predicted octanol–water partition coefficient (Wildman–Crippen LogP) is 2.98. The minimum absolute atomic E-state index is 0.100. The molecule has 0 atom stereocenters. The molecule has 4 heteroatoms. The van der Waals surface area contributed by atoms with Crippen LogP contribution in [0.4, 0.5) is 4.39 Å². The summed E-state index contributed by atoms with van der Waals surface area (Å²) in [4.78, 5) is 11.4. The van der Waals surface area contributed by atoms with E-state index in [1.165, 1.54) is 37.4 Å². The third-order valence-corrected chi connectivity index (χ3v) is 2.57. The Bertz CT molecular complexity index is 576. The lowest BCUT2D eigenvalue weighted by molar-refractivity contribution is 0.0600. The number of esters is 1. The summed E-state index contributed by atoms with van der Waals surface area (Å²) >= 11 is 0. The molecule has 0 unspecified atom stereocenters. The number of halogens is 1. The van der Waals surface area contributed by atoms with Crippen molar-refractivity contribution < 1.29 is 19.0 Å². The summed E-state index contributed by atoms with van der Waals surface area (Å²) in [5.41, 5.74) is 1.15. The summed E-state index contributed by atoms with van der Waals surface area (Å²) in [6.45, 7) is 0. The summed E-state index contributed by atoms with van der Waals surface area (Å²) in [5.74, 6) is -0.855. The number of carbonyl (C=O) groups excluding carboxylic acids is 1. The normalized spacial score (nSPS) is 10.1. The second-order valence-corrected chi connectivity index (χ2v) is 3.73. The molecule has 0 spiro atoms. The van der Waals surface area contributed by atoms with E-state index in [4.69, 9.17) is 0 Å². The minimum Gasteiger partial charge on any atom is -0.508 e. The van der Waals surface area contributed by atoms with E-state index in [0.29, 0.717) is 5.56 Å². The van der Waals surface area contributed by atoms with E-state index >= 15 is 0 Å². The summed E-state index contributed by atoms with van der Waals surface area (Å²) < 4.78 is 18.3. The lowest BCUT2D eigenvalue weighted by Crippen LogP contribution is -2.01. The summed E-state index contributed by atoms with van der Waals surface area (Å²) in [5, 5.41) is 9.19. The molecule has 0 heterocycles. The first-order valence-electron chi connectivity index (χ1n) is 5.29. The van der Waals surface area contributed by atoms with Gasteiger partial charge in [0.05, 0.1) is 12.7 Å². The highest BCUT2D eigenvalue weighted by Crippen LogP contribution is 2.25. The number of aromatic hydroxyl groups is 1. The molecule has 2 aromatic rings. The van der Waals surface area contributed by atoms with Crippen LogP contribution in [0.1, 0.15) is 10.4 Å². The van der Waals surface area contributed by atoms with Crippen LogP contribution in [0.2, 0.25) is 0 Å². The second-order valence-electron chi connectivity index (χ2n) is 3.73. The largest absolute Gasteiger partial charge is 0.508 e. The molecule has 0 amide bonds. The molecular formula is C14H11FO3. The van der Waals surface area contributed by atoms with Crippen LogP contribution >= 0.6 is 0 Å². The fourth-order valence-electron chi connectivity index (χ4n) is 1.63. The van der Waals surface area contributed by atoms with E-state index in [1.807, 2.05) is 0 Å². The van der Waals surface area contributed by atoms with Gasteiger partial charge in [-0.2, -0.15) is 0 Å². The standard InChI is InChI=1S/C14H11FO3/c1-18-14(17)10-4-7-13(15)12(8-10)9-2-5-11(16)6-3-9/h2-8,16H,1H3. The van der Waals surface area contributed by atoms with Crippen molar-refractivity contribution in [3.63, 3.8) is 0 Å². The molecule has 0 fully saturated rings. The number of hydrogen-bond acceptors (Lipinski definition) is 3. The third kappa shape index (κ3) is 2.32. The van der Waals surface area contributed by atoms with Gasteiger partial charge in [0.1, 0.15) is 11.6 Å². The maximum Gasteiger partial charge on any atom is 0.337 e. The van der Waals surface area contributed by atoms with Gasteiger partial charge >= 0.3 is 5.97 Å². The van der Waals surface area contributed by atoms with Crippen molar-refractivity contribution in [2.45, 2.75) is 0 Å². The fourth-order valence-corrected chi connectivity index (χ4v) is 1.63. The molecule has 0 bridgehead atoms. The first-order chi connectivity index (χ1) is 8.61. The Kier molecular flexibility index (Phi) is 3.28. The van der Waals surface area contributed by atoms with Crippen LogP contribution < -0.4 is 0 Å². The number of ether oxygens (including phenoxy) is 1. The van der Waals surface area contributed by atoms with E-state index in [9.17, 15) is 14.3 Å². The SMILES string of the molecule is COC(=O)c1ccc(F)c(-c2ccc(O)cc2)c1. The fraction of sp³-hybridized carbons (Fsp3) is 0.0714. The molecule has 0 saturated carbocycles. The topological polar surface area (TPSA) is 46.5 Å². The van der Waals surface area contributed by atoms with Gasteiger partial charge in [-0.1, -0.05) is 12.1 Å². The molecule has 3 nitrogen and oxygen atoms in total. The average Bonchev–Trinajstić information content (AvgIpc) is 2.39. The van der Waals surface area contributed by atoms with Gasteiger partial charge in [0.25, 0.3) is 0 Å². The number of phenolic OH excluding ortho intramolecular Hbond substituents is 1. The first-order valence-corrected chi connectivity index (χ1v) is 5.29. The maximum atomic E-state index is 13.7. The van der Waals surface area contributed by atoms with Crippen molar-refractivity contribution >= 4 is 5.97 Å². The summed E-state index contributed by atoms with van der Waals surface area (Å²) in [7, 11) is 1.27. The lowest BCUT2D eigenvalue weighted by atomic mass is 10.0. The van der Waals surface area contributed by atoms with Crippen LogP contribution in [0.15, 0.2) is 42.5 Å². The Labute approximate surface area is 103 Å². The van der Waals surface area contributed by atoms with E-state index in [1.54, 1.807) is 12.1 Å². The number of carbonyl (C=O) groups is 1. The van der Waals surface area contributed by atoms with Crippen LogP contribution in [-0.4, -0.2) is 18.2 Å². The van der Waals surface area contributed by atoms with Crippen molar-refractivity contribution in [2.24, 2.45) is 0 Å². The molecular weight excluding hydrogens is 235 g/mol. The molecule has 2 aromatic carbocycles. The zero-order chi connectivity index (χ0) is 13.1. The van der Waals surface area contributed by atoms with Crippen molar-refractivity contribution in [1.82, 2.24) is 0 Å². The molecule has 1 N–H and O–H groups in total. The van der Waals surface area contributed by atoms with E-state index in [2.05, 4.69) is 4.74 Å². The minimum atomic E-state index is -0.518. The molecule has 0 saturated heterocycles. The van der Waals surface area contributed by atoms with Crippen LogP contribution in [0.5, 0.6) is 5.75 Å². The molecule has 0 aliphatic heterocycles.